The number of anilines is 1. The van der Waals surface area contributed by atoms with Crippen LogP contribution in [0.1, 0.15) is 26.0 Å². The molecule has 1 aliphatic rings. The van der Waals surface area contributed by atoms with E-state index >= 15 is 0 Å². The standard InChI is InChI=1S/C15H23N5O/c1-3-14-12-20(6-5-19(14)7-8-21-4-2)15-11-17-13(9-16)10-18-15/h10-11,14H,3-8,12H2,1-2H3. The molecule has 0 bridgehead atoms. The van der Waals surface area contributed by atoms with E-state index in [9.17, 15) is 0 Å². The first-order chi connectivity index (χ1) is 10.3. The third-order valence-corrected chi connectivity index (χ3v) is 3.88. The van der Waals surface area contributed by atoms with Crippen LogP contribution < -0.4 is 4.90 Å². The van der Waals surface area contributed by atoms with Crippen LogP contribution >= 0.6 is 0 Å². The fraction of sp³-hybridized carbons (Fsp3) is 0.667. The van der Waals surface area contributed by atoms with Crippen molar-refractivity contribution in [1.82, 2.24) is 14.9 Å². The lowest BCUT2D eigenvalue weighted by Crippen LogP contribution is -2.54. The first kappa shape index (κ1) is 15.7. The second kappa shape index (κ2) is 7.91. The molecule has 1 fully saturated rings. The highest BCUT2D eigenvalue weighted by Crippen LogP contribution is 2.18. The van der Waals surface area contributed by atoms with E-state index in [1.807, 2.05) is 13.0 Å². The minimum absolute atomic E-state index is 0.362. The average molecular weight is 289 g/mol. The van der Waals surface area contributed by atoms with E-state index in [0.717, 1.165) is 51.6 Å². The maximum atomic E-state index is 8.77. The molecule has 1 saturated heterocycles. The SMILES string of the molecule is CCOCCN1CCN(c2cnc(C#N)cn2)CC1CC. The van der Waals surface area contributed by atoms with Crippen LogP contribution in [0.4, 0.5) is 5.82 Å². The normalized spacial score (nSPS) is 19.5. The lowest BCUT2D eigenvalue weighted by Gasteiger charge is -2.41. The number of hydrogen-bond acceptors (Lipinski definition) is 6. The molecule has 0 radical (unpaired) electrons. The van der Waals surface area contributed by atoms with Crippen LogP contribution in [0.15, 0.2) is 12.4 Å². The molecule has 1 aliphatic heterocycles. The summed E-state index contributed by atoms with van der Waals surface area (Å²) in [5.41, 5.74) is 0.362. The Labute approximate surface area is 126 Å². The van der Waals surface area contributed by atoms with Crippen molar-refractivity contribution in [3.8, 4) is 6.07 Å². The fourth-order valence-electron chi connectivity index (χ4n) is 2.65. The van der Waals surface area contributed by atoms with Crippen molar-refractivity contribution in [1.29, 1.82) is 5.26 Å². The number of hydrogen-bond donors (Lipinski definition) is 0. The van der Waals surface area contributed by atoms with Crippen molar-refractivity contribution in [2.75, 3.05) is 44.3 Å². The Morgan fingerprint density at radius 1 is 1.33 bits per heavy atom. The van der Waals surface area contributed by atoms with E-state index in [-0.39, 0.29) is 0 Å². The van der Waals surface area contributed by atoms with Gasteiger partial charge in [-0.3, -0.25) is 4.90 Å². The van der Waals surface area contributed by atoms with E-state index in [1.54, 1.807) is 6.20 Å². The summed E-state index contributed by atoms with van der Waals surface area (Å²) in [5, 5.41) is 8.77. The molecular formula is C15H23N5O. The van der Waals surface area contributed by atoms with Crippen molar-refractivity contribution in [3.63, 3.8) is 0 Å². The Bertz CT molecular complexity index is 470. The highest BCUT2D eigenvalue weighted by atomic mass is 16.5. The molecule has 6 nitrogen and oxygen atoms in total. The fourth-order valence-corrected chi connectivity index (χ4v) is 2.65. The van der Waals surface area contributed by atoms with Crippen molar-refractivity contribution in [2.24, 2.45) is 0 Å². The molecule has 1 aromatic heterocycles. The van der Waals surface area contributed by atoms with Crippen molar-refractivity contribution >= 4 is 5.82 Å². The van der Waals surface area contributed by atoms with Gasteiger partial charge in [0.15, 0.2) is 5.69 Å². The minimum Gasteiger partial charge on any atom is -0.380 e. The van der Waals surface area contributed by atoms with Crippen LogP contribution in [0.3, 0.4) is 0 Å². The molecule has 2 heterocycles. The van der Waals surface area contributed by atoms with E-state index < -0.39 is 0 Å². The van der Waals surface area contributed by atoms with Crippen LogP contribution in [0, 0.1) is 11.3 Å². The molecular weight excluding hydrogens is 266 g/mol. The summed E-state index contributed by atoms with van der Waals surface area (Å²) < 4.78 is 5.46. The van der Waals surface area contributed by atoms with Gasteiger partial charge in [-0.1, -0.05) is 6.92 Å². The zero-order valence-electron chi connectivity index (χ0n) is 12.8. The van der Waals surface area contributed by atoms with Crippen LogP contribution in [0.2, 0.25) is 0 Å². The number of aromatic nitrogens is 2. The van der Waals surface area contributed by atoms with Gasteiger partial charge in [-0.15, -0.1) is 0 Å². The number of nitrogens with zero attached hydrogens (tertiary/aromatic N) is 5. The minimum atomic E-state index is 0.362. The number of ether oxygens (including phenoxy) is 1. The Kier molecular flexibility index (Phi) is 5.90. The maximum Gasteiger partial charge on any atom is 0.158 e. The molecule has 0 saturated carbocycles. The molecule has 21 heavy (non-hydrogen) atoms. The molecule has 0 aliphatic carbocycles. The molecule has 114 valence electrons. The summed E-state index contributed by atoms with van der Waals surface area (Å²) in [6, 6.07) is 2.51. The van der Waals surface area contributed by atoms with Gasteiger partial charge in [-0.2, -0.15) is 5.26 Å². The van der Waals surface area contributed by atoms with Crippen molar-refractivity contribution in [3.05, 3.63) is 18.1 Å². The second-order valence-corrected chi connectivity index (χ2v) is 5.11. The van der Waals surface area contributed by atoms with E-state index in [0.29, 0.717) is 11.7 Å². The average Bonchev–Trinajstić information content (AvgIpc) is 2.55. The summed E-state index contributed by atoms with van der Waals surface area (Å²) in [7, 11) is 0. The third-order valence-electron chi connectivity index (χ3n) is 3.88. The van der Waals surface area contributed by atoms with Crippen LogP contribution in [-0.2, 0) is 4.74 Å². The summed E-state index contributed by atoms with van der Waals surface area (Å²) >= 11 is 0. The summed E-state index contributed by atoms with van der Waals surface area (Å²) in [6.07, 6.45) is 4.34. The predicted octanol–water partition coefficient (Wildman–Crippen LogP) is 1.29. The molecule has 0 aromatic carbocycles. The smallest absolute Gasteiger partial charge is 0.158 e. The summed E-state index contributed by atoms with van der Waals surface area (Å²) in [5.74, 6) is 0.858. The Hall–Kier alpha value is -1.71. The quantitative estimate of drug-likeness (QED) is 0.735. The number of rotatable bonds is 6. The zero-order chi connectivity index (χ0) is 15.1. The van der Waals surface area contributed by atoms with Crippen molar-refractivity contribution in [2.45, 2.75) is 26.3 Å². The summed E-state index contributed by atoms with van der Waals surface area (Å²) in [6.45, 7) is 9.69. The monoisotopic (exact) mass is 289 g/mol. The molecule has 0 spiro atoms. The molecule has 0 amide bonds. The highest BCUT2D eigenvalue weighted by molar-refractivity contribution is 5.38. The zero-order valence-corrected chi connectivity index (χ0v) is 12.8. The molecule has 0 N–H and O–H groups in total. The van der Waals surface area contributed by atoms with Gasteiger partial charge < -0.3 is 9.64 Å². The molecule has 2 rings (SSSR count). The van der Waals surface area contributed by atoms with Gasteiger partial charge in [0.05, 0.1) is 19.0 Å². The van der Waals surface area contributed by atoms with E-state index in [2.05, 4.69) is 26.7 Å². The first-order valence-corrected chi connectivity index (χ1v) is 7.57. The van der Waals surface area contributed by atoms with E-state index in [1.165, 1.54) is 6.20 Å². The summed E-state index contributed by atoms with van der Waals surface area (Å²) in [4.78, 5) is 13.2. The Balaban J connectivity index is 1.94. The van der Waals surface area contributed by atoms with Crippen LogP contribution in [-0.4, -0.2) is 60.3 Å². The van der Waals surface area contributed by atoms with Crippen molar-refractivity contribution < 1.29 is 4.74 Å². The number of nitriles is 1. The van der Waals surface area contributed by atoms with Crippen LogP contribution in [0.5, 0.6) is 0 Å². The van der Waals surface area contributed by atoms with Gasteiger partial charge in [0.2, 0.25) is 0 Å². The lowest BCUT2D eigenvalue weighted by atomic mass is 10.1. The topological polar surface area (TPSA) is 65.3 Å². The molecule has 1 aromatic rings. The lowest BCUT2D eigenvalue weighted by molar-refractivity contribution is 0.0869. The molecule has 6 heteroatoms. The van der Waals surface area contributed by atoms with Gasteiger partial charge in [-0.25, -0.2) is 9.97 Å². The predicted molar refractivity (Wildman–Crippen MR) is 81.1 cm³/mol. The second-order valence-electron chi connectivity index (χ2n) is 5.11. The third kappa shape index (κ3) is 4.13. The van der Waals surface area contributed by atoms with Gasteiger partial charge in [0.25, 0.3) is 0 Å². The van der Waals surface area contributed by atoms with Crippen LogP contribution in [0.25, 0.3) is 0 Å². The Morgan fingerprint density at radius 3 is 2.81 bits per heavy atom. The number of piperazine rings is 1. The van der Waals surface area contributed by atoms with E-state index in [4.69, 9.17) is 10.00 Å². The van der Waals surface area contributed by atoms with Gasteiger partial charge in [-0.05, 0) is 13.3 Å². The molecule has 1 atom stereocenters. The first-order valence-electron chi connectivity index (χ1n) is 7.57. The largest absolute Gasteiger partial charge is 0.380 e. The Morgan fingerprint density at radius 2 is 2.19 bits per heavy atom. The van der Waals surface area contributed by atoms with Gasteiger partial charge in [0, 0.05) is 38.8 Å². The van der Waals surface area contributed by atoms with Gasteiger partial charge >= 0.3 is 0 Å². The van der Waals surface area contributed by atoms with Gasteiger partial charge in [0.1, 0.15) is 11.9 Å². The molecule has 1 unspecified atom stereocenters. The highest BCUT2D eigenvalue weighted by Gasteiger charge is 2.26. The maximum absolute atomic E-state index is 8.77.